The van der Waals surface area contributed by atoms with Gasteiger partial charge in [-0.1, -0.05) is 48.5 Å². The number of hydrogen-bond donors (Lipinski definition) is 1. The summed E-state index contributed by atoms with van der Waals surface area (Å²) in [7, 11) is 1.47. The van der Waals surface area contributed by atoms with E-state index in [4.69, 9.17) is 14.2 Å². The number of rotatable bonds is 13. The maximum atomic E-state index is 12.2. The van der Waals surface area contributed by atoms with Crippen molar-refractivity contribution in [3.63, 3.8) is 0 Å². The summed E-state index contributed by atoms with van der Waals surface area (Å²) < 4.78 is 16.9. The van der Waals surface area contributed by atoms with Crippen molar-refractivity contribution < 1.29 is 33.4 Å². The molecule has 0 aliphatic carbocycles. The van der Waals surface area contributed by atoms with E-state index in [1.54, 1.807) is 34.6 Å². The number of hydrogen-bond acceptors (Lipinski definition) is 7. The molecular weight excluding hydrogens is 414 g/mol. The Labute approximate surface area is 191 Å². The Balaban J connectivity index is 0.00000466. The zero-order valence-electron chi connectivity index (χ0n) is 20.5. The minimum absolute atomic E-state index is 0.0672. The Morgan fingerprint density at radius 3 is 1.59 bits per heavy atom. The monoisotopic (exact) mass is 451 g/mol. The van der Waals surface area contributed by atoms with Gasteiger partial charge in [-0.05, 0) is 12.1 Å². The van der Waals surface area contributed by atoms with Crippen LogP contribution in [0.3, 0.4) is 0 Å². The van der Waals surface area contributed by atoms with Crippen molar-refractivity contribution in [1.82, 2.24) is 5.32 Å². The molecule has 8 nitrogen and oxygen atoms in total. The van der Waals surface area contributed by atoms with Crippen molar-refractivity contribution in [2.45, 2.75) is 54.9 Å². The predicted molar refractivity (Wildman–Crippen MR) is 123 cm³/mol. The third kappa shape index (κ3) is 9.49. The Bertz CT molecular complexity index is 740. The first kappa shape index (κ1) is 29.1. The molecule has 0 aliphatic rings. The fourth-order valence-corrected chi connectivity index (χ4v) is 2.09. The molecule has 0 saturated heterocycles. The number of Topliss-reactive ketones (excluding diaryl/α,β-unsaturated/α-hetero) is 3. The average Bonchev–Trinajstić information content (AvgIpc) is 2.79. The molecule has 0 aliphatic heterocycles. The van der Waals surface area contributed by atoms with Crippen LogP contribution in [0.4, 0.5) is 0 Å². The van der Waals surface area contributed by atoms with Crippen LogP contribution in [0.1, 0.15) is 65.2 Å². The molecule has 0 unspecified atom stereocenters. The Morgan fingerprint density at radius 1 is 0.812 bits per heavy atom. The van der Waals surface area contributed by atoms with E-state index in [9.17, 15) is 19.2 Å². The number of amides is 1. The smallest absolute Gasteiger partial charge is 0.251 e. The van der Waals surface area contributed by atoms with Gasteiger partial charge >= 0.3 is 0 Å². The van der Waals surface area contributed by atoms with Gasteiger partial charge in [0.2, 0.25) is 5.75 Å². The van der Waals surface area contributed by atoms with Crippen molar-refractivity contribution >= 4 is 23.3 Å². The fraction of sp³-hybridized carbons (Fsp3) is 0.583. The van der Waals surface area contributed by atoms with Crippen molar-refractivity contribution in [3.05, 3.63) is 17.7 Å². The Hall–Kier alpha value is -2.90. The zero-order chi connectivity index (χ0) is 24.8. The maximum Gasteiger partial charge on any atom is 0.251 e. The quantitative estimate of drug-likeness (QED) is 0.488. The van der Waals surface area contributed by atoms with Crippen molar-refractivity contribution in [2.75, 3.05) is 26.9 Å². The van der Waals surface area contributed by atoms with Crippen molar-refractivity contribution in [3.8, 4) is 17.2 Å². The van der Waals surface area contributed by atoms with Crippen molar-refractivity contribution in [1.29, 1.82) is 0 Å². The molecule has 8 heteroatoms. The third-order valence-corrected chi connectivity index (χ3v) is 4.31. The summed E-state index contributed by atoms with van der Waals surface area (Å²) in [6.07, 6.45) is 0.278. The molecule has 1 amide bonds. The number of carbonyl (C=O) groups is 4. The molecule has 0 saturated carbocycles. The molecule has 0 atom stereocenters. The largest absolute Gasteiger partial charge is 0.482 e. The Morgan fingerprint density at radius 2 is 1.25 bits per heavy atom. The topological polar surface area (TPSA) is 108 Å². The molecule has 0 fully saturated rings. The van der Waals surface area contributed by atoms with Gasteiger partial charge in [0.15, 0.2) is 28.8 Å². The summed E-state index contributed by atoms with van der Waals surface area (Å²) in [5.74, 6) is -1.10. The van der Waals surface area contributed by atoms with Crippen LogP contribution in [0, 0.1) is 11.8 Å². The van der Waals surface area contributed by atoms with Gasteiger partial charge in [0.25, 0.3) is 5.91 Å². The molecule has 1 rings (SSSR count). The molecule has 180 valence electrons. The molecular formula is C24H37NO7. The van der Waals surface area contributed by atoms with E-state index >= 15 is 0 Å². The number of nitrogens with one attached hydrogen (secondary N) is 1. The normalized spacial score (nSPS) is 10.2. The summed E-state index contributed by atoms with van der Waals surface area (Å²) in [6, 6.07) is 2.82. The number of benzene rings is 1. The summed E-state index contributed by atoms with van der Waals surface area (Å²) in [5, 5.41) is 2.50. The first-order valence-corrected chi connectivity index (χ1v) is 11.0. The highest BCUT2D eigenvalue weighted by Gasteiger charge is 2.21. The molecule has 1 aromatic rings. The minimum atomic E-state index is -0.411. The molecule has 32 heavy (non-hydrogen) atoms. The second kappa shape index (κ2) is 15.0. The summed E-state index contributed by atoms with van der Waals surface area (Å²) in [5.41, 5.74) is 0.200. The molecule has 0 aromatic heterocycles. The van der Waals surface area contributed by atoms with Crippen LogP contribution in [0.15, 0.2) is 12.1 Å². The molecule has 1 aromatic carbocycles. The van der Waals surface area contributed by atoms with Gasteiger partial charge in [-0.15, -0.1) is 0 Å². The molecule has 0 bridgehead atoms. The first-order chi connectivity index (χ1) is 15.1. The van der Waals surface area contributed by atoms with Crippen LogP contribution >= 0.6 is 0 Å². The van der Waals surface area contributed by atoms with E-state index in [0.29, 0.717) is 0 Å². The van der Waals surface area contributed by atoms with Gasteiger partial charge in [0.05, 0.1) is 0 Å². The fourth-order valence-electron chi connectivity index (χ4n) is 2.09. The summed E-state index contributed by atoms with van der Waals surface area (Å²) >= 11 is 0. The van der Waals surface area contributed by atoms with Gasteiger partial charge < -0.3 is 19.5 Å². The van der Waals surface area contributed by atoms with Gasteiger partial charge in [0.1, 0.15) is 19.8 Å². The lowest BCUT2D eigenvalue weighted by Gasteiger charge is -2.18. The van der Waals surface area contributed by atoms with E-state index in [1.807, 2.05) is 13.8 Å². The van der Waals surface area contributed by atoms with Gasteiger partial charge in [-0.25, -0.2) is 0 Å². The van der Waals surface area contributed by atoms with Crippen LogP contribution < -0.4 is 19.5 Å². The van der Waals surface area contributed by atoms with E-state index in [2.05, 4.69) is 5.32 Å². The number of carbonyl (C=O) groups excluding carboxylic acids is 4. The van der Waals surface area contributed by atoms with Crippen molar-refractivity contribution in [2.24, 2.45) is 11.8 Å². The average molecular weight is 452 g/mol. The standard InChI is InChI=1S/C22H31NO7.C2H6/c1-7-16(24)10-30-21-19(28-11-17(25)13(2)3)8-15(22(27)23-6)9-20(21)29-12-18(26)14(4)5;1-2/h8-9,13-14H,7,10-12H2,1-6H3,(H,23,27);1-2H3. The highest BCUT2D eigenvalue weighted by Crippen LogP contribution is 2.39. The molecule has 0 spiro atoms. The van der Waals surface area contributed by atoms with Crippen LogP contribution in [-0.4, -0.2) is 50.1 Å². The van der Waals surface area contributed by atoms with E-state index < -0.39 is 5.91 Å². The molecule has 0 heterocycles. The maximum absolute atomic E-state index is 12.2. The van der Waals surface area contributed by atoms with E-state index in [0.717, 1.165) is 0 Å². The van der Waals surface area contributed by atoms with Crippen LogP contribution in [0.5, 0.6) is 17.2 Å². The van der Waals surface area contributed by atoms with Crippen LogP contribution in [0.2, 0.25) is 0 Å². The lowest BCUT2D eigenvalue weighted by atomic mass is 10.1. The number of ether oxygens (including phenoxy) is 3. The molecule has 0 radical (unpaired) electrons. The zero-order valence-corrected chi connectivity index (χ0v) is 20.5. The summed E-state index contributed by atoms with van der Waals surface area (Å²) in [6.45, 7) is 12.0. The minimum Gasteiger partial charge on any atom is -0.482 e. The summed E-state index contributed by atoms with van der Waals surface area (Å²) in [4.78, 5) is 48.0. The van der Waals surface area contributed by atoms with Crippen LogP contribution in [-0.2, 0) is 14.4 Å². The Kier molecular flexibility index (Phi) is 13.6. The van der Waals surface area contributed by atoms with E-state index in [1.165, 1.54) is 19.2 Å². The first-order valence-electron chi connectivity index (χ1n) is 11.0. The van der Waals surface area contributed by atoms with Gasteiger partial charge in [0, 0.05) is 30.9 Å². The lowest BCUT2D eigenvalue weighted by Crippen LogP contribution is -2.21. The highest BCUT2D eigenvalue weighted by atomic mass is 16.5. The molecule has 1 N–H and O–H groups in total. The second-order valence-corrected chi connectivity index (χ2v) is 7.38. The highest BCUT2D eigenvalue weighted by molar-refractivity contribution is 5.95. The second-order valence-electron chi connectivity index (χ2n) is 7.38. The van der Waals surface area contributed by atoms with Gasteiger partial charge in [-0.2, -0.15) is 0 Å². The van der Waals surface area contributed by atoms with E-state index in [-0.39, 0.29) is 78.2 Å². The van der Waals surface area contributed by atoms with Gasteiger partial charge in [-0.3, -0.25) is 19.2 Å². The predicted octanol–water partition coefficient (Wildman–Crippen LogP) is 3.64. The SMILES string of the molecule is CC.CCC(=O)COc1c(OCC(=O)C(C)C)cc(C(=O)NC)cc1OCC(=O)C(C)C. The third-order valence-electron chi connectivity index (χ3n) is 4.31. The lowest BCUT2D eigenvalue weighted by molar-refractivity contribution is -0.124. The van der Waals surface area contributed by atoms with Crippen LogP contribution in [0.25, 0.3) is 0 Å². The number of ketones is 3.